The van der Waals surface area contributed by atoms with Crippen LogP contribution in [0.2, 0.25) is 0 Å². The molecule has 0 bridgehead atoms. The smallest absolute Gasteiger partial charge is 0.242 e. The van der Waals surface area contributed by atoms with Crippen LogP contribution in [-0.2, 0) is 10.0 Å². The Morgan fingerprint density at radius 3 is 2.75 bits per heavy atom. The summed E-state index contributed by atoms with van der Waals surface area (Å²) in [5.74, 6) is 1.50. The van der Waals surface area contributed by atoms with Crippen LogP contribution in [0, 0.1) is 11.8 Å². The van der Waals surface area contributed by atoms with Crippen molar-refractivity contribution in [3.8, 4) is 0 Å². The van der Waals surface area contributed by atoms with Gasteiger partial charge in [-0.15, -0.1) is 0 Å². The Kier molecular flexibility index (Phi) is 5.17. The van der Waals surface area contributed by atoms with Gasteiger partial charge in [0.1, 0.15) is 10.4 Å². The number of rotatable bonds is 6. The summed E-state index contributed by atoms with van der Waals surface area (Å²) in [5.41, 5.74) is 0.716. The highest BCUT2D eigenvalue weighted by molar-refractivity contribution is 7.89. The molecule has 1 aromatic carbocycles. The number of likely N-dealkylation sites (tertiary alicyclic amines) is 1. The number of quaternary nitrogens is 1. The zero-order valence-corrected chi connectivity index (χ0v) is 15.0. The van der Waals surface area contributed by atoms with Crippen LogP contribution in [0.1, 0.15) is 26.7 Å². The molecule has 0 saturated carbocycles. The van der Waals surface area contributed by atoms with Crippen molar-refractivity contribution in [3.05, 3.63) is 18.2 Å². The highest BCUT2D eigenvalue weighted by Gasteiger charge is 2.25. The third kappa shape index (κ3) is 3.93. The molecule has 1 saturated heterocycles. The van der Waals surface area contributed by atoms with Crippen LogP contribution in [0.4, 0.5) is 0 Å². The topological polar surface area (TPSA) is 89.5 Å². The largest absolute Gasteiger partial charge is 0.334 e. The van der Waals surface area contributed by atoms with E-state index in [-0.39, 0.29) is 10.4 Å². The summed E-state index contributed by atoms with van der Waals surface area (Å²) in [7, 11) is -3.60. The number of fused-ring (bicyclic) bond motifs is 1. The lowest BCUT2D eigenvalue weighted by atomic mass is 9.92. The molecule has 2 aromatic rings. The van der Waals surface area contributed by atoms with Gasteiger partial charge in [-0.2, -0.15) is 0 Å². The van der Waals surface area contributed by atoms with E-state index in [1.54, 1.807) is 17.0 Å². The zero-order chi connectivity index (χ0) is 17.2. The van der Waals surface area contributed by atoms with E-state index < -0.39 is 10.0 Å². The molecule has 8 heteroatoms. The molecular weight excluding hydrogens is 328 g/mol. The second-order valence-electron chi connectivity index (χ2n) is 6.99. The van der Waals surface area contributed by atoms with Gasteiger partial charge < -0.3 is 4.90 Å². The maximum absolute atomic E-state index is 12.5. The van der Waals surface area contributed by atoms with E-state index in [2.05, 4.69) is 33.5 Å². The highest BCUT2D eigenvalue weighted by Crippen LogP contribution is 2.19. The Morgan fingerprint density at radius 1 is 1.25 bits per heavy atom. The number of piperidine rings is 1. The Morgan fingerprint density at radius 2 is 2.00 bits per heavy atom. The Labute approximate surface area is 142 Å². The molecule has 1 aliphatic rings. The molecule has 1 fully saturated rings. The van der Waals surface area contributed by atoms with Crippen molar-refractivity contribution >= 4 is 21.1 Å². The molecule has 24 heavy (non-hydrogen) atoms. The molecule has 7 nitrogen and oxygen atoms in total. The van der Waals surface area contributed by atoms with E-state index in [0.29, 0.717) is 12.1 Å². The van der Waals surface area contributed by atoms with Crippen LogP contribution in [0.15, 0.2) is 27.7 Å². The fraction of sp³-hybridized carbons (Fsp3) is 0.625. The predicted octanol–water partition coefficient (Wildman–Crippen LogP) is 0.452. The van der Waals surface area contributed by atoms with Crippen molar-refractivity contribution in [2.75, 3.05) is 26.2 Å². The summed E-state index contributed by atoms with van der Waals surface area (Å²) in [6.45, 7) is 8.38. The summed E-state index contributed by atoms with van der Waals surface area (Å²) >= 11 is 0. The number of nitrogens with one attached hydrogen (secondary N) is 2. The molecule has 1 aliphatic heterocycles. The van der Waals surface area contributed by atoms with Gasteiger partial charge in [0.25, 0.3) is 0 Å². The molecule has 0 radical (unpaired) electrons. The van der Waals surface area contributed by atoms with E-state index in [9.17, 15) is 8.42 Å². The monoisotopic (exact) mass is 353 g/mol. The number of benzene rings is 1. The molecule has 1 aromatic heterocycles. The highest BCUT2D eigenvalue weighted by atomic mass is 32.2. The lowest BCUT2D eigenvalue weighted by molar-refractivity contribution is -0.912. The van der Waals surface area contributed by atoms with Gasteiger partial charge >= 0.3 is 0 Å². The summed E-state index contributed by atoms with van der Waals surface area (Å²) in [5, 5.41) is 7.38. The van der Waals surface area contributed by atoms with Crippen LogP contribution in [-0.4, -0.2) is 44.9 Å². The van der Waals surface area contributed by atoms with E-state index in [1.807, 2.05) is 0 Å². The third-order valence-corrected chi connectivity index (χ3v) is 6.11. The second kappa shape index (κ2) is 7.16. The average Bonchev–Trinajstić information content (AvgIpc) is 2.99. The molecule has 2 atom stereocenters. The van der Waals surface area contributed by atoms with Crippen LogP contribution in [0.5, 0.6) is 0 Å². The van der Waals surface area contributed by atoms with E-state index in [4.69, 9.17) is 0 Å². The maximum atomic E-state index is 12.5. The van der Waals surface area contributed by atoms with Crippen molar-refractivity contribution in [2.45, 2.75) is 31.6 Å². The summed E-state index contributed by atoms with van der Waals surface area (Å²) in [4.78, 5) is 1.69. The lowest BCUT2D eigenvalue weighted by Gasteiger charge is -2.32. The van der Waals surface area contributed by atoms with Crippen molar-refractivity contribution in [3.63, 3.8) is 0 Å². The first-order chi connectivity index (χ1) is 11.5. The second-order valence-corrected chi connectivity index (χ2v) is 8.73. The van der Waals surface area contributed by atoms with Crippen LogP contribution in [0.3, 0.4) is 0 Å². The normalized spacial score (nSPS) is 25.2. The van der Waals surface area contributed by atoms with Gasteiger partial charge in [-0.25, -0.2) is 17.8 Å². The molecular formula is C16H25N4O3S+. The van der Waals surface area contributed by atoms with Gasteiger partial charge in [0, 0.05) is 24.8 Å². The van der Waals surface area contributed by atoms with Gasteiger partial charge in [0.2, 0.25) is 10.0 Å². The standard InChI is InChI=1S/C16H24N4O3S/c1-12-9-13(2)11-20(10-12)8-4-7-17-24(21,22)15-6-3-5-14-16(15)19-23-18-14/h3,5-6,12-13,17H,4,7-11H2,1-2H3/p+1. The molecule has 2 heterocycles. The van der Waals surface area contributed by atoms with E-state index in [1.165, 1.54) is 25.6 Å². The molecule has 2 N–H and O–H groups in total. The Hall–Kier alpha value is -1.51. The van der Waals surface area contributed by atoms with Crippen LogP contribution >= 0.6 is 0 Å². The minimum absolute atomic E-state index is 0.119. The summed E-state index contributed by atoms with van der Waals surface area (Å²) < 4.78 is 32.2. The van der Waals surface area contributed by atoms with E-state index >= 15 is 0 Å². The molecule has 2 unspecified atom stereocenters. The molecule has 0 amide bonds. The van der Waals surface area contributed by atoms with Crippen molar-refractivity contribution in [1.82, 2.24) is 15.0 Å². The van der Waals surface area contributed by atoms with Gasteiger partial charge in [-0.05, 0) is 28.9 Å². The summed E-state index contributed by atoms with van der Waals surface area (Å²) in [6.07, 6.45) is 2.12. The van der Waals surface area contributed by atoms with Gasteiger partial charge in [0.15, 0.2) is 5.52 Å². The van der Waals surface area contributed by atoms with Crippen LogP contribution in [0.25, 0.3) is 11.0 Å². The van der Waals surface area contributed by atoms with Crippen molar-refractivity contribution < 1.29 is 17.9 Å². The zero-order valence-electron chi connectivity index (χ0n) is 14.2. The van der Waals surface area contributed by atoms with E-state index in [0.717, 1.165) is 24.8 Å². The third-order valence-electron chi connectivity index (χ3n) is 4.62. The van der Waals surface area contributed by atoms with Gasteiger partial charge in [0.05, 0.1) is 19.6 Å². The molecule has 0 spiro atoms. The fourth-order valence-electron chi connectivity index (χ4n) is 3.75. The van der Waals surface area contributed by atoms with Crippen LogP contribution < -0.4 is 9.62 Å². The average molecular weight is 353 g/mol. The molecule has 0 aliphatic carbocycles. The first kappa shape index (κ1) is 17.3. The number of sulfonamides is 1. The minimum Gasteiger partial charge on any atom is -0.334 e. The first-order valence-corrected chi connectivity index (χ1v) is 9.98. The number of hydrogen-bond acceptors (Lipinski definition) is 5. The number of nitrogens with zero attached hydrogens (tertiary/aromatic N) is 2. The lowest BCUT2D eigenvalue weighted by Crippen LogP contribution is -3.14. The quantitative estimate of drug-likeness (QED) is 0.736. The summed E-state index contributed by atoms with van der Waals surface area (Å²) in [6, 6.07) is 4.84. The number of aromatic nitrogens is 2. The van der Waals surface area contributed by atoms with Crippen molar-refractivity contribution in [1.29, 1.82) is 0 Å². The molecule has 3 rings (SSSR count). The predicted molar refractivity (Wildman–Crippen MR) is 90.1 cm³/mol. The van der Waals surface area contributed by atoms with Crippen molar-refractivity contribution in [2.24, 2.45) is 11.8 Å². The SMILES string of the molecule is CC1CC(C)C[NH+](CCCNS(=O)(=O)c2cccc3nonc23)C1. The Balaban J connectivity index is 1.55. The minimum atomic E-state index is -3.60. The first-order valence-electron chi connectivity index (χ1n) is 8.50. The Bertz CT molecular complexity index is 779. The maximum Gasteiger partial charge on any atom is 0.242 e. The van der Waals surface area contributed by atoms with Gasteiger partial charge in [-0.3, -0.25) is 0 Å². The van der Waals surface area contributed by atoms with Gasteiger partial charge in [-0.1, -0.05) is 19.9 Å². The number of hydrogen-bond donors (Lipinski definition) is 2. The molecule has 132 valence electrons. The fourth-order valence-corrected chi connectivity index (χ4v) is 4.97.